The SMILES string of the molecule is COc1ccccc1NC(=O)CSc1nnc(N/N=C(\C)c2ccncc2)n1N. The number of hydrogen-bond acceptors (Lipinski definition) is 9. The highest BCUT2D eigenvalue weighted by Gasteiger charge is 2.13. The molecule has 3 rings (SSSR count). The first-order chi connectivity index (χ1) is 14.1. The van der Waals surface area contributed by atoms with Gasteiger partial charge in [0, 0.05) is 18.0 Å². The van der Waals surface area contributed by atoms with Crippen molar-refractivity contribution >= 4 is 35.0 Å². The number of para-hydroxylation sites is 2. The van der Waals surface area contributed by atoms with E-state index in [1.807, 2.05) is 31.2 Å². The molecular formula is C18H20N8O2S. The van der Waals surface area contributed by atoms with Crippen LogP contribution in [0.2, 0.25) is 0 Å². The quantitative estimate of drug-likeness (QED) is 0.221. The first-order valence-corrected chi connectivity index (χ1v) is 9.54. The van der Waals surface area contributed by atoms with Gasteiger partial charge in [0.2, 0.25) is 11.1 Å². The number of pyridine rings is 1. The van der Waals surface area contributed by atoms with Crippen molar-refractivity contribution in [3.05, 3.63) is 54.4 Å². The average molecular weight is 412 g/mol. The van der Waals surface area contributed by atoms with E-state index in [-0.39, 0.29) is 17.6 Å². The summed E-state index contributed by atoms with van der Waals surface area (Å²) in [7, 11) is 1.55. The number of carbonyl (C=O) groups excluding carboxylic acids is 1. The predicted molar refractivity (Wildman–Crippen MR) is 113 cm³/mol. The number of nitrogens with zero attached hydrogens (tertiary/aromatic N) is 5. The summed E-state index contributed by atoms with van der Waals surface area (Å²) < 4.78 is 6.46. The molecule has 0 saturated heterocycles. The van der Waals surface area contributed by atoms with Gasteiger partial charge in [-0.15, -0.1) is 10.2 Å². The number of aromatic nitrogens is 4. The van der Waals surface area contributed by atoms with Crippen LogP contribution in [-0.2, 0) is 4.79 Å². The minimum atomic E-state index is -0.219. The van der Waals surface area contributed by atoms with Crippen molar-refractivity contribution in [2.24, 2.45) is 5.10 Å². The van der Waals surface area contributed by atoms with E-state index in [1.54, 1.807) is 31.6 Å². The van der Waals surface area contributed by atoms with E-state index >= 15 is 0 Å². The Morgan fingerprint density at radius 3 is 2.76 bits per heavy atom. The van der Waals surface area contributed by atoms with Crippen molar-refractivity contribution in [1.29, 1.82) is 0 Å². The number of methoxy groups -OCH3 is 1. The van der Waals surface area contributed by atoms with Crippen molar-refractivity contribution in [1.82, 2.24) is 19.9 Å². The lowest BCUT2D eigenvalue weighted by molar-refractivity contribution is -0.113. The van der Waals surface area contributed by atoms with Crippen molar-refractivity contribution in [3.8, 4) is 5.75 Å². The third kappa shape index (κ3) is 5.23. The zero-order chi connectivity index (χ0) is 20.6. The third-order valence-corrected chi connectivity index (χ3v) is 4.74. The van der Waals surface area contributed by atoms with Gasteiger partial charge in [-0.1, -0.05) is 23.9 Å². The molecule has 0 saturated carbocycles. The van der Waals surface area contributed by atoms with Crippen molar-refractivity contribution in [3.63, 3.8) is 0 Å². The lowest BCUT2D eigenvalue weighted by atomic mass is 10.2. The largest absolute Gasteiger partial charge is 0.495 e. The molecule has 0 fully saturated rings. The Balaban J connectivity index is 1.57. The Bertz CT molecular complexity index is 1010. The van der Waals surface area contributed by atoms with Crippen LogP contribution in [0.25, 0.3) is 0 Å². The molecule has 0 aliphatic heterocycles. The summed E-state index contributed by atoms with van der Waals surface area (Å²) in [6.07, 6.45) is 3.37. The number of thioether (sulfide) groups is 1. The number of nitrogens with one attached hydrogen (secondary N) is 2. The monoisotopic (exact) mass is 412 g/mol. The maximum atomic E-state index is 12.2. The second kappa shape index (κ2) is 9.55. The highest BCUT2D eigenvalue weighted by molar-refractivity contribution is 7.99. The lowest BCUT2D eigenvalue weighted by Gasteiger charge is -2.09. The summed E-state index contributed by atoms with van der Waals surface area (Å²) in [5, 5.41) is 15.3. The standard InChI is InChI=1S/C18H20N8O2S/c1-12(13-7-9-20-10-8-13)22-23-17-24-25-18(26(17)19)29-11-16(27)21-14-5-3-4-6-15(14)28-2/h3-10H,11,19H2,1-2H3,(H,21,27)(H,23,24)/b22-12+. The minimum absolute atomic E-state index is 0.104. The maximum absolute atomic E-state index is 12.2. The molecule has 150 valence electrons. The molecular weight excluding hydrogens is 392 g/mol. The van der Waals surface area contributed by atoms with Gasteiger partial charge in [-0.25, -0.2) is 10.1 Å². The normalized spacial score (nSPS) is 11.2. The summed E-state index contributed by atoms with van der Waals surface area (Å²) in [6.45, 7) is 1.84. The number of hydrazone groups is 1. The molecule has 0 unspecified atom stereocenters. The topological polar surface area (TPSA) is 132 Å². The zero-order valence-corrected chi connectivity index (χ0v) is 16.7. The molecule has 0 aliphatic carbocycles. The number of hydrogen-bond donors (Lipinski definition) is 3. The van der Waals surface area contributed by atoms with Gasteiger partial charge in [0.1, 0.15) is 5.75 Å². The van der Waals surface area contributed by atoms with Crippen LogP contribution in [0, 0.1) is 0 Å². The summed E-state index contributed by atoms with van der Waals surface area (Å²) in [4.78, 5) is 16.2. The Morgan fingerprint density at radius 2 is 2.00 bits per heavy atom. The minimum Gasteiger partial charge on any atom is -0.495 e. The summed E-state index contributed by atoms with van der Waals surface area (Å²) >= 11 is 1.15. The number of rotatable bonds is 8. The number of amides is 1. The smallest absolute Gasteiger partial charge is 0.264 e. The van der Waals surface area contributed by atoms with Gasteiger partial charge in [0.15, 0.2) is 0 Å². The highest BCUT2D eigenvalue weighted by atomic mass is 32.2. The lowest BCUT2D eigenvalue weighted by Crippen LogP contribution is -2.17. The van der Waals surface area contributed by atoms with Gasteiger partial charge in [-0.2, -0.15) is 5.10 Å². The van der Waals surface area contributed by atoms with Crippen LogP contribution < -0.4 is 21.3 Å². The summed E-state index contributed by atoms with van der Waals surface area (Å²) in [6, 6.07) is 10.9. The van der Waals surface area contributed by atoms with E-state index in [9.17, 15) is 4.79 Å². The molecule has 2 heterocycles. The van der Waals surface area contributed by atoms with E-state index in [1.165, 1.54) is 4.68 Å². The number of carbonyl (C=O) groups is 1. The fourth-order valence-corrected chi connectivity index (χ4v) is 2.96. The number of nitrogen functional groups attached to an aromatic ring is 1. The van der Waals surface area contributed by atoms with Crippen LogP contribution in [0.15, 0.2) is 59.0 Å². The first-order valence-electron chi connectivity index (χ1n) is 8.55. The Kier molecular flexibility index (Phi) is 6.63. The van der Waals surface area contributed by atoms with E-state index in [0.717, 1.165) is 23.0 Å². The molecule has 0 aliphatic rings. The van der Waals surface area contributed by atoms with Gasteiger partial charge in [0.05, 0.1) is 24.3 Å². The average Bonchev–Trinajstić information content (AvgIpc) is 3.11. The molecule has 2 aromatic heterocycles. The number of anilines is 2. The third-order valence-electron chi connectivity index (χ3n) is 3.80. The Hall–Kier alpha value is -3.60. The van der Waals surface area contributed by atoms with Gasteiger partial charge in [-0.3, -0.25) is 9.78 Å². The van der Waals surface area contributed by atoms with Crippen LogP contribution in [-0.4, -0.2) is 44.3 Å². The Morgan fingerprint density at radius 1 is 1.24 bits per heavy atom. The summed E-state index contributed by atoms with van der Waals surface area (Å²) in [5.41, 5.74) is 5.02. The van der Waals surface area contributed by atoms with E-state index in [4.69, 9.17) is 10.6 Å². The second-order valence-corrected chi connectivity index (χ2v) is 6.70. The Labute approximate surface area is 171 Å². The van der Waals surface area contributed by atoms with Gasteiger partial charge < -0.3 is 15.9 Å². The molecule has 4 N–H and O–H groups in total. The number of nitrogens with two attached hydrogens (primary N) is 1. The zero-order valence-electron chi connectivity index (χ0n) is 15.9. The molecule has 10 nitrogen and oxygen atoms in total. The van der Waals surface area contributed by atoms with Gasteiger partial charge >= 0.3 is 0 Å². The molecule has 11 heteroatoms. The fourth-order valence-electron chi connectivity index (χ4n) is 2.31. The first kappa shape index (κ1) is 20.1. The molecule has 0 radical (unpaired) electrons. The van der Waals surface area contributed by atoms with Crippen LogP contribution in [0.3, 0.4) is 0 Å². The van der Waals surface area contributed by atoms with Crippen LogP contribution in [0.4, 0.5) is 11.6 Å². The second-order valence-electron chi connectivity index (χ2n) is 5.76. The molecule has 1 amide bonds. The number of benzene rings is 1. The maximum Gasteiger partial charge on any atom is 0.264 e. The van der Waals surface area contributed by atoms with E-state index < -0.39 is 0 Å². The molecule has 0 bridgehead atoms. The predicted octanol–water partition coefficient (Wildman–Crippen LogP) is 1.96. The summed E-state index contributed by atoms with van der Waals surface area (Å²) in [5.74, 6) is 6.72. The molecule has 0 spiro atoms. The van der Waals surface area contributed by atoms with Crippen LogP contribution in [0.5, 0.6) is 5.75 Å². The molecule has 1 aromatic carbocycles. The van der Waals surface area contributed by atoms with E-state index in [0.29, 0.717) is 16.6 Å². The van der Waals surface area contributed by atoms with Gasteiger partial charge in [0.25, 0.3) is 5.95 Å². The molecule has 3 aromatic rings. The number of ether oxygens (including phenoxy) is 1. The van der Waals surface area contributed by atoms with Crippen LogP contribution in [0.1, 0.15) is 12.5 Å². The van der Waals surface area contributed by atoms with Crippen molar-refractivity contribution in [2.45, 2.75) is 12.1 Å². The molecule has 29 heavy (non-hydrogen) atoms. The van der Waals surface area contributed by atoms with Gasteiger partial charge in [-0.05, 0) is 31.2 Å². The highest BCUT2D eigenvalue weighted by Crippen LogP contribution is 2.24. The van der Waals surface area contributed by atoms with Crippen molar-refractivity contribution in [2.75, 3.05) is 29.4 Å². The molecule has 0 atom stereocenters. The van der Waals surface area contributed by atoms with Crippen LogP contribution >= 0.6 is 11.8 Å². The van der Waals surface area contributed by atoms with Crippen molar-refractivity contribution < 1.29 is 9.53 Å². The van der Waals surface area contributed by atoms with E-state index in [2.05, 4.69) is 31.0 Å². The fraction of sp³-hybridized carbons (Fsp3) is 0.167.